The lowest BCUT2D eigenvalue weighted by Gasteiger charge is -2.22. The fourth-order valence-electron chi connectivity index (χ4n) is 1.48. The third kappa shape index (κ3) is 3.61. The summed E-state index contributed by atoms with van der Waals surface area (Å²) in [5.74, 6) is 0.622. The smallest absolute Gasteiger partial charge is 0.323 e. The van der Waals surface area contributed by atoms with E-state index in [2.05, 4.69) is 5.92 Å². The number of terminal acetylenes is 1. The molecule has 1 atom stereocenters. The van der Waals surface area contributed by atoms with E-state index in [1.807, 2.05) is 0 Å². The van der Waals surface area contributed by atoms with Crippen LogP contribution in [0.5, 0.6) is 0 Å². The molecule has 0 aliphatic heterocycles. The van der Waals surface area contributed by atoms with Crippen LogP contribution in [0.1, 0.15) is 11.6 Å². The Bertz CT molecular complexity index is 465. The van der Waals surface area contributed by atoms with Gasteiger partial charge in [-0.15, -0.1) is 6.42 Å². The normalized spacial score (nSPS) is 11.3. The molecule has 0 saturated carbocycles. The molecule has 5 heteroatoms. The van der Waals surface area contributed by atoms with Gasteiger partial charge in [0.15, 0.2) is 0 Å². The first-order valence-electron chi connectivity index (χ1n) is 5.31. The number of aliphatic carboxylic acids is 1. The number of nitrogens with two attached hydrogens (primary N) is 1. The zero-order chi connectivity index (χ0) is 13.5. The molecule has 94 valence electrons. The van der Waals surface area contributed by atoms with Crippen LogP contribution in [0.4, 0.5) is 0 Å². The summed E-state index contributed by atoms with van der Waals surface area (Å²) in [7, 11) is 0. The second-order valence-corrected chi connectivity index (χ2v) is 3.68. The van der Waals surface area contributed by atoms with E-state index in [-0.39, 0.29) is 6.54 Å². The van der Waals surface area contributed by atoms with Gasteiger partial charge in [-0.25, -0.2) is 0 Å². The summed E-state index contributed by atoms with van der Waals surface area (Å²) in [5, 5.41) is 8.71. The van der Waals surface area contributed by atoms with E-state index < -0.39 is 24.5 Å². The Morgan fingerprint density at radius 3 is 2.50 bits per heavy atom. The molecule has 0 spiro atoms. The van der Waals surface area contributed by atoms with Gasteiger partial charge >= 0.3 is 5.97 Å². The summed E-state index contributed by atoms with van der Waals surface area (Å²) >= 11 is 0. The fourth-order valence-corrected chi connectivity index (χ4v) is 1.48. The monoisotopic (exact) mass is 246 g/mol. The third-order valence-electron chi connectivity index (χ3n) is 2.34. The van der Waals surface area contributed by atoms with Gasteiger partial charge in [0.05, 0.1) is 6.54 Å². The number of hydrogen-bond donors (Lipinski definition) is 2. The number of amides is 1. The molecule has 0 heterocycles. The van der Waals surface area contributed by atoms with Crippen LogP contribution in [0.3, 0.4) is 0 Å². The average molecular weight is 246 g/mol. The Hall–Kier alpha value is -2.32. The van der Waals surface area contributed by atoms with Crippen LogP contribution in [0.15, 0.2) is 30.3 Å². The minimum atomic E-state index is -1.13. The Kier molecular flexibility index (Phi) is 4.90. The van der Waals surface area contributed by atoms with E-state index in [9.17, 15) is 9.59 Å². The minimum Gasteiger partial charge on any atom is -0.480 e. The molecule has 0 aliphatic carbocycles. The summed E-state index contributed by atoms with van der Waals surface area (Å²) < 4.78 is 0. The average Bonchev–Trinajstić information content (AvgIpc) is 2.37. The number of carbonyl (C=O) groups is 2. The van der Waals surface area contributed by atoms with Crippen molar-refractivity contribution in [3.05, 3.63) is 35.9 Å². The Labute approximate surface area is 105 Å². The molecular formula is C13H14N2O3. The summed E-state index contributed by atoms with van der Waals surface area (Å²) in [4.78, 5) is 23.7. The maximum atomic E-state index is 12.0. The van der Waals surface area contributed by atoms with E-state index in [4.69, 9.17) is 17.3 Å². The van der Waals surface area contributed by atoms with Crippen LogP contribution < -0.4 is 5.73 Å². The molecule has 0 bridgehead atoms. The number of carboxylic acid groups (broad SMARTS) is 1. The molecule has 0 saturated heterocycles. The number of carbonyl (C=O) groups excluding carboxylic acids is 1. The van der Waals surface area contributed by atoms with Crippen molar-refractivity contribution in [1.82, 2.24) is 4.90 Å². The van der Waals surface area contributed by atoms with Crippen LogP contribution in [-0.4, -0.2) is 35.0 Å². The van der Waals surface area contributed by atoms with Gasteiger partial charge < -0.3 is 15.7 Å². The van der Waals surface area contributed by atoms with Crippen LogP contribution >= 0.6 is 0 Å². The lowest BCUT2D eigenvalue weighted by atomic mass is 10.1. The molecule has 1 aromatic carbocycles. The standard InChI is InChI=1S/C13H14N2O3/c1-2-8-15(9-11(16)17)13(18)12(14)10-6-4-3-5-7-10/h1,3-7,12H,8-9,14H2,(H,16,17). The number of rotatable bonds is 5. The first kappa shape index (κ1) is 13.7. The lowest BCUT2D eigenvalue weighted by molar-refractivity contribution is -0.144. The number of benzene rings is 1. The van der Waals surface area contributed by atoms with Gasteiger partial charge in [-0.1, -0.05) is 36.3 Å². The molecule has 1 amide bonds. The second-order valence-electron chi connectivity index (χ2n) is 3.68. The predicted molar refractivity (Wildman–Crippen MR) is 66.4 cm³/mol. The Morgan fingerprint density at radius 1 is 1.39 bits per heavy atom. The van der Waals surface area contributed by atoms with Crippen molar-refractivity contribution in [1.29, 1.82) is 0 Å². The van der Waals surface area contributed by atoms with Crippen molar-refractivity contribution < 1.29 is 14.7 Å². The third-order valence-corrected chi connectivity index (χ3v) is 2.34. The van der Waals surface area contributed by atoms with Crippen LogP contribution in [0.25, 0.3) is 0 Å². The van der Waals surface area contributed by atoms with E-state index >= 15 is 0 Å². The maximum absolute atomic E-state index is 12.0. The van der Waals surface area contributed by atoms with Gasteiger partial charge in [0, 0.05) is 0 Å². The van der Waals surface area contributed by atoms with E-state index in [0.717, 1.165) is 4.90 Å². The molecule has 0 fully saturated rings. The summed E-state index contributed by atoms with van der Waals surface area (Å²) in [6.07, 6.45) is 5.10. The van der Waals surface area contributed by atoms with Crippen LogP contribution in [-0.2, 0) is 9.59 Å². The highest BCUT2D eigenvalue weighted by molar-refractivity contribution is 5.86. The maximum Gasteiger partial charge on any atom is 0.323 e. The summed E-state index contributed by atoms with van der Waals surface area (Å²) in [6.45, 7) is -0.533. The van der Waals surface area contributed by atoms with Gasteiger partial charge in [0.25, 0.3) is 0 Å². The molecule has 5 nitrogen and oxygen atoms in total. The molecule has 1 rings (SSSR count). The molecule has 1 aromatic rings. The SMILES string of the molecule is C#CCN(CC(=O)O)C(=O)C(N)c1ccccc1. The zero-order valence-electron chi connectivity index (χ0n) is 9.74. The molecule has 0 radical (unpaired) electrons. The second kappa shape index (κ2) is 6.42. The van der Waals surface area contributed by atoms with Gasteiger partial charge in [-0.2, -0.15) is 0 Å². The fraction of sp³-hybridized carbons (Fsp3) is 0.231. The van der Waals surface area contributed by atoms with Crippen molar-refractivity contribution in [3.63, 3.8) is 0 Å². The van der Waals surface area contributed by atoms with Crippen molar-refractivity contribution in [2.45, 2.75) is 6.04 Å². The molecule has 0 aliphatic rings. The summed E-state index contributed by atoms with van der Waals surface area (Å²) in [6, 6.07) is 7.82. The number of carboxylic acids is 1. The van der Waals surface area contributed by atoms with Crippen molar-refractivity contribution in [2.24, 2.45) is 5.73 Å². The molecule has 18 heavy (non-hydrogen) atoms. The molecule has 1 unspecified atom stereocenters. The van der Waals surface area contributed by atoms with E-state index in [1.54, 1.807) is 30.3 Å². The lowest BCUT2D eigenvalue weighted by Crippen LogP contribution is -2.41. The number of nitrogens with zero attached hydrogens (tertiary/aromatic N) is 1. The highest BCUT2D eigenvalue weighted by Gasteiger charge is 2.23. The van der Waals surface area contributed by atoms with Crippen LogP contribution in [0.2, 0.25) is 0 Å². The van der Waals surface area contributed by atoms with Crippen molar-refractivity contribution >= 4 is 11.9 Å². The van der Waals surface area contributed by atoms with E-state index in [1.165, 1.54) is 0 Å². The minimum absolute atomic E-state index is 0.0777. The molecule has 3 N–H and O–H groups in total. The zero-order valence-corrected chi connectivity index (χ0v) is 9.74. The van der Waals surface area contributed by atoms with Crippen molar-refractivity contribution in [3.8, 4) is 12.3 Å². The van der Waals surface area contributed by atoms with Crippen LogP contribution in [0, 0.1) is 12.3 Å². The predicted octanol–water partition coefficient (Wildman–Crippen LogP) is 0.233. The highest BCUT2D eigenvalue weighted by Crippen LogP contribution is 2.12. The van der Waals surface area contributed by atoms with Gasteiger partial charge in [-0.3, -0.25) is 9.59 Å². The Balaban J connectivity index is 2.83. The van der Waals surface area contributed by atoms with Crippen molar-refractivity contribution in [2.75, 3.05) is 13.1 Å². The highest BCUT2D eigenvalue weighted by atomic mass is 16.4. The van der Waals surface area contributed by atoms with E-state index in [0.29, 0.717) is 5.56 Å². The largest absolute Gasteiger partial charge is 0.480 e. The number of hydrogen-bond acceptors (Lipinski definition) is 3. The molecular weight excluding hydrogens is 232 g/mol. The van der Waals surface area contributed by atoms with Gasteiger partial charge in [-0.05, 0) is 5.56 Å². The molecule has 0 aromatic heterocycles. The summed E-state index contributed by atoms with van der Waals surface area (Å²) in [5.41, 5.74) is 6.41. The van der Waals surface area contributed by atoms with Gasteiger partial charge in [0.2, 0.25) is 5.91 Å². The quantitative estimate of drug-likeness (QED) is 0.729. The Morgan fingerprint density at radius 2 is 2.00 bits per heavy atom. The topological polar surface area (TPSA) is 83.6 Å². The first-order valence-corrected chi connectivity index (χ1v) is 5.31. The van der Waals surface area contributed by atoms with Gasteiger partial charge in [0.1, 0.15) is 12.6 Å². The first-order chi connectivity index (χ1) is 8.56.